The Bertz CT molecular complexity index is 553. The molecule has 1 aromatic carbocycles. The smallest absolute Gasteiger partial charge is 0.242 e. The lowest BCUT2D eigenvalue weighted by atomic mass is 9.97. The Kier molecular flexibility index (Phi) is 6.16. The van der Waals surface area contributed by atoms with Crippen molar-refractivity contribution in [3.8, 4) is 0 Å². The molecule has 0 spiro atoms. The fraction of sp³-hybridized carbons (Fsp3) is 0.556. The van der Waals surface area contributed by atoms with Crippen LogP contribution in [0.5, 0.6) is 0 Å². The van der Waals surface area contributed by atoms with Gasteiger partial charge in [0.1, 0.15) is 6.04 Å². The van der Waals surface area contributed by atoms with Crippen molar-refractivity contribution in [2.75, 3.05) is 6.54 Å². The summed E-state index contributed by atoms with van der Waals surface area (Å²) in [5.74, 6) is -0.217. The van der Waals surface area contributed by atoms with E-state index in [1.165, 1.54) is 6.92 Å². The average molecular weight is 318 g/mol. The van der Waals surface area contributed by atoms with Crippen molar-refractivity contribution in [3.05, 3.63) is 35.4 Å². The van der Waals surface area contributed by atoms with Crippen LogP contribution in [0.25, 0.3) is 0 Å². The summed E-state index contributed by atoms with van der Waals surface area (Å²) >= 11 is 0. The Morgan fingerprint density at radius 3 is 2.52 bits per heavy atom. The first-order chi connectivity index (χ1) is 11.0. The van der Waals surface area contributed by atoms with Crippen molar-refractivity contribution in [1.29, 1.82) is 0 Å². The van der Waals surface area contributed by atoms with Gasteiger partial charge in [-0.2, -0.15) is 0 Å². The van der Waals surface area contributed by atoms with E-state index in [1.54, 1.807) is 0 Å². The van der Waals surface area contributed by atoms with Gasteiger partial charge in [-0.25, -0.2) is 0 Å². The van der Waals surface area contributed by atoms with Gasteiger partial charge in [-0.3, -0.25) is 9.59 Å². The SMILES string of the molecule is CC(=O)N[C@H](C(=O)NC[C@H](O)c1ccccc1C)C1CCCC1. The number of nitrogens with one attached hydrogen (secondary N) is 2. The van der Waals surface area contributed by atoms with E-state index in [-0.39, 0.29) is 24.3 Å². The number of benzene rings is 1. The summed E-state index contributed by atoms with van der Waals surface area (Å²) in [7, 11) is 0. The largest absolute Gasteiger partial charge is 0.387 e. The normalized spacial score (nSPS) is 17.5. The van der Waals surface area contributed by atoms with Gasteiger partial charge >= 0.3 is 0 Å². The predicted molar refractivity (Wildman–Crippen MR) is 88.7 cm³/mol. The second-order valence-electron chi connectivity index (χ2n) is 6.34. The zero-order valence-electron chi connectivity index (χ0n) is 13.8. The minimum absolute atomic E-state index is 0.145. The number of carbonyl (C=O) groups excluding carboxylic acids is 2. The van der Waals surface area contributed by atoms with Gasteiger partial charge in [-0.1, -0.05) is 37.1 Å². The molecule has 5 heteroatoms. The highest BCUT2D eigenvalue weighted by Crippen LogP contribution is 2.28. The van der Waals surface area contributed by atoms with Crippen LogP contribution >= 0.6 is 0 Å². The molecule has 3 N–H and O–H groups in total. The number of rotatable bonds is 6. The third kappa shape index (κ3) is 4.79. The van der Waals surface area contributed by atoms with Crippen LogP contribution in [-0.4, -0.2) is 29.5 Å². The quantitative estimate of drug-likeness (QED) is 0.749. The standard InChI is InChI=1S/C18H26N2O3/c1-12-7-3-6-10-15(12)16(22)11-19-18(23)17(20-13(2)21)14-8-4-5-9-14/h3,6-7,10,14,16-17,22H,4-5,8-9,11H2,1-2H3,(H,19,23)(H,20,21)/t16-,17-/m0/s1. The molecule has 0 bridgehead atoms. The number of aliphatic hydroxyl groups excluding tert-OH is 1. The highest BCUT2D eigenvalue weighted by atomic mass is 16.3. The van der Waals surface area contributed by atoms with Crippen LogP contribution in [0.1, 0.15) is 49.8 Å². The summed E-state index contributed by atoms with van der Waals surface area (Å²) in [6.07, 6.45) is 3.36. The summed E-state index contributed by atoms with van der Waals surface area (Å²) < 4.78 is 0. The van der Waals surface area contributed by atoms with Crippen LogP contribution in [0, 0.1) is 12.8 Å². The summed E-state index contributed by atoms with van der Waals surface area (Å²) in [6, 6.07) is 7.07. The van der Waals surface area contributed by atoms with Crippen molar-refractivity contribution in [3.63, 3.8) is 0 Å². The topological polar surface area (TPSA) is 78.4 Å². The second kappa shape index (κ2) is 8.11. The van der Waals surface area contributed by atoms with Crippen molar-refractivity contribution in [1.82, 2.24) is 10.6 Å². The minimum Gasteiger partial charge on any atom is -0.387 e. The summed E-state index contributed by atoms with van der Waals surface area (Å²) in [5.41, 5.74) is 1.80. The summed E-state index contributed by atoms with van der Waals surface area (Å²) in [6.45, 7) is 3.50. The maximum absolute atomic E-state index is 12.4. The Morgan fingerprint density at radius 2 is 1.91 bits per heavy atom. The minimum atomic E-state index is -0.748. The fourth-order valence-electron chi connectivity index (χ4n) is 3.29. The Morgan fingerprint density at radius 1 is 1.26 bits per heavy atom. The van der Waals surface area contributed by atoms with Crippen LogP contribution < -0.4 is 10.6 Å². The van der Waals surface area contributed by atoms with E-state index in [2.05, 4.69) is 10.6 Å². The molecule has 1 aromatic rings. The van der Waals surface area contributed by atoms with E-state index < -0.39 is 12.1 Å². The first-order valence-corrected chi connectivity index (χ1v) is 8.27. The second-order valence-corrected chi connectivity index (χ2v) is 6.34. The Labute approximate surface area is 137 Å². The van der Waals surface area contributed by atoms with Gasteiger partial charge < -0.3 is 15.7 Å². The van der Waals surface area contributed by atoms with Crippen LogP contribution in [0.4, 0.5) is 0 Å². The number of aryl methyl sites for hydroxylation is 1. The van der Waals surface area contributed by atoms with Gasteiger partial charge in [-0.05, 0) is 36.8 Å². The van der Waals surface area contributed by atoms with E-state index >= 15 is 0 Å². The molecule has 1 fully saturated rings. The molecule has 0 aliphatic heterocycles. The summed E-state index contributed by atoms with van der Waals surface area (Å²) in [5, 5.41) is 15.8. The number of amides is 2. The number of aliphatic hydroxyl groups is 1. The van der Waals surface area contributed by atoms with Crippen LogP contribution in [0.2, 0.25) is 0 Å². The molecule has 126 valence electrons. The Hall–Kier alpha value is -1.88. The molecular formula is C18H26N2O3. The van der Waals surface area contributed by atoms with Gasteiger partial charge in [-0.15, -0.1) is 0 Å². The van der Waals surface area contributed by atoms with Gasteiger partial charge in [0.15, 0.2) is 0 Å². The van der Waals surface area contributed by atoms with Crippen molar-refractivity contribution in [2.24, 2.45) is 5.92 Å². The maximum atomic E-state index is 12.4. The molecule has 0 aromatic heterocycles. The molecule has 0 radical (unpaired) electrons. The van der Waals surface area contributed by atoms with Gasteiger partial charge in [0.2, 0.25) is 11.8 Å². The zero-order chi connectivity index (χ0) is 16.8. The van der Waals surface area contributed by atoms with Crippen molar-refractivity contribution < 1.29 is 14.7 Å². The first-order valence-electron chi connectivity index (χ1n) is 8.27. The molecule has 1 aliphatic carbocycles. The van der Waals surface area contributed by atoms with Gasteiger partial charge in [0.25, 0.3) is 0 Å². The molecule has 2 atom stereocenters. The molecule has 2 rings (SSSR count). The van der Waals surface area contributed by atoms with Crippen molar-refractivity contribution in [2.45, 2.75) is 51.7 Å². The van der Waals surface area contributed by atoms with Crippen LogP contribution in [0.15, 0.2) is 24.3 Å². The highest BCUT2D eigenvalue weighted by molar-refractivity contribution is 5.87. The molecule has 1 saturated carbocycles. The Balaban J connectivity index is 1.95. The molecule has 5 nitrogen and oxygen atoms in total. The molecule has 23 heavy (non-hydrogen) atoms. The monoisotopic (exact) mass is 318 g/mol. The van der Waals surface area contributed by atoms with E-state index in [4.69, 9.17) is 0 Å². The maximum Gasteiger partial charge on any atom is 0.242 e. The molecule has 0 heterocycles. The lowest BCUT2D eigenvalue weighted by Crippen LogP contribution is -2.50. The zero-order valence-corrected chi connectivity index (χ0v) is 13.8. The van der Waals surface area contributed by atoms with Gasteiger partial charge in [0.05, 0.1) is 6.10 Å². The lowest BCUT2D eigenvalue weighted by molar-refractivity contribution is -0.129. The van der Waals surface area contributed by atoms with E-state index in [0.717, 1.165) is 36.8 Å². The number of carbonyl (C=O) groups is 2. The van der Waals surface area contributed by atoms with Crippen molar-refractivity contribution >= 4 is 11.8 Å². The first kappa shape index (κ1) is 17.5. The molecule has 0 saturated heterocycles. The molecular weight excluding hydrogens is 292 g/mol. The van der Waals surface area contributed by atoms with Crippen LogP contribution in [-0.2, 0) is 9.59 Å². The number of hydrogen-bond acceptors (Lipinski definition) is 3. The summed E-state index contributed by atoms with van der Waals surface area (Å²) in [4.78, 5) is 23.8. The van der Waals surface area contributed by atoms with E-state index in [1.807, 2.05) is 31.2 Å². The lowest BCUT2D eigenvalue weighted by Gasteiger charge is -2.24. The fourth-order valence-corrected chi connectivity index (χ4v) is 3.29. The third-order valence-corrected chi connectivity index (χ3v) is 4.53. The highest BCUT2D eigenvalue weighted by Gasteiger charge is 2.31. The third-order valence-electron chi connectivity index (χ3n) is 4.53. The number of hydrogen-bond donors (Lipinski definition) is 3. The molecule has 2 amide bonds. The van der Waals surface area contributed by atoms with Gasteiger partial charge in [0, 0.05) is 13.5 Å². The predicted octanol–water partition coefficient (Wildman–Crippen LogP) is 1.84. The van der Waals surface area contributed by atoms with E-state index in [9.17, 15) is 14.7 Å². The molecule has 0 unspecified atom stereocenters. The average Bonchev–Trinajstić information content (AvgIpc) is 3.04. The molecule has 1 aliphatic rings. The van der Waals surface area contributed by atoms with Crippen LogP contribution in [0.3, 0.4) is 0 Å². The van der Waals surface area contributed by atoms with E-state index in [0.29, 0.717) is 0 Å².